The van der Waals surface area contributed by atoms with Gasteiger partial charge in [0.25, 0.3) is 5.56 Å². The minimum absolute atomic E-state index is 0.0425. The van der Waals surface area contributed by atoms with Gasteiger partial charge in [0.2, 0.25) is 17.7 Å². The molecule has 11 heteroatoms. The summed E-state index contributed by atoms with van der Waals surface area (Å²) in [5.74, 6) is -3.70. The van der Waals surface area contributed by atoms with Gasteiger partial charge in [0.1, 0.15) is 12.1 Å². The molecule has 2 aliphatic rings. The zero-order valence-corrected chi connectivity index (χ0v) is 24.2. The molecular formula is C31H35ClF2N4O4. The molecule has 8 nitrogen and oxygen atoms in total. The Morgan fingerprint density at radius 3 is 2.57 bits per heavy atom. The van der Waals surface area contributed by atoms with Crippen LogP contribution in [-0.2, 0) is 17.8 Å². The van der Waals surface area contributed by atoms with Gasteiger partial charge in [-0.25, -0.2) is 13.8 Å². The number of nitrogens with zero attached hydrogens (tertiary/aromatic N) is 3. The summed E-state index contributed by atoms with van der Waals surface area (Å²) in [6.45, 7) is 2.40. The van der Waals surface area contributed by atoms with Crippen molar-refractivity contribution in [2.75, 3.05) is 18.8 Å². The second-order valence-electron chi connectivity index (χ2n) is 11.4. The minimum atomic E-state index is -2.81. The van der Waals surface area contributed by atoms with Gasteiger partial charge in [0, 0.05) is 42.8 Å². The van der Waals surface area contributed by atoms with Crippen LogP contribution in [0.3, 0.4) is 0 Å². The number of nitrogen functional groups attached to an aromatic ring is 1. The van der Waals surface area contributed by atoms with Gasteiger partial charge in [-0.1, -0.05) is 48.9 Å². The number of aromatic nitrogens is 2. The molecule has 3 aromatic rings. The van der Waals surface area contributed by atoms with E-state index in [-0.39, 0.29) is 69.2 Å². The summed E-state index contributed by atoms with van der Waals surface area (Å²) in [7, 11) is 0. The highest BCUT2D eigenvalue weighted by molar-refractivity contribution is 6.31. The van der Waals surface area contributed by atoms with E-state index in [2.05, 4.69) is 4.98 Å². The van der Waals surface area contributed by atoms with E-state index in [0.717, 1.165) is 11.1 Å². The number of nitrogens with two attached hydrogens (primary N) is 1. The van der Waals surface area contributed by atoms with Crippen LogP contribution in [0.5, 0.6) is 11.6 Å². The van der Waals surface area contributed by atoms with Crippen molar-refractivity contribution in [1.29, 1.82) is 0 Å². The molecule has 0 spiro atoms. The fraction of sp³-hybridized carbons (Fsp3) is 0.452. The fourth-order valence-electron chi connectivity index (χ4n) is 6.01. The Hall–Kier alpha value is -3.50. The maximum absolute atomic E-state index is 14.4. The van der Waals surface area contributed by atoms with Crippen LogP contribution in [0.4, 0.5) is 14.5 Å². The molecule has 2 heterocycles. The maximum Gasteiger partial charge on any atom is 0.280 e. The van der Waals surface area contributed by atoms with Crippen LogP contribution >= 0.6 is 11.6 Å². The first kappa shape index (κ1) is 30.0. The number of hydrogen-bond donors (Lipinski definition) is 2. The molecule has 2 aromatic carbocycles. The number of piperidine rings is 1. The Morgan fingerprint density at radius 2 is 1.88 bits per heavy atom. The fourth-order valence-corrected chi connectivity index (χ4v) is 6.27. The summed E-state index contributed by atoms with van der Waals surface area (Å²) >= 11 is 6.17. The van der Waals surface area contributed by atoms with E-state index in [1.54, 1.807) is 47.4 Å². The van der Waals surface area contributed by atoms with Gasteiger partial charge < -0.3 is 20.5 Å². The first-order chi connectivity index (χ1) is 20.0. The third-order valence-corrected chi connectivity index (χ3v) is 8.86. The van der Waals surface area contributed by atoms with Crippen molar-refractivity contribution >= 4 is 23.2 Å². The topological polar surface area (TPSA) is 111 Å². The molecule has 1 saturated heterocycles. The second-order valence-corrected chi connectivity index (χ2v) is 11.8. The quantitative estimate of drug-likeness (QED) is 0.375. The number of rotatable bonds is 7. The zero-order valence-electron chi connectivity index (χ0n) is 23.4. The van der Waals surface area contributed by atoms with Crippen LogP contribution in [0.2, 0.25) is 5.02 Å². The van der Waals surface area contributed by atoms with Crippen LogP contribution in [-0.4, -0.2) is 50.1 Å². The monoisotopic (exact) mass is 600 g/mol. The van der Waals surface area contributed by atoms with E-state index in [0.29, 0.717) is 17.2 Å². The van der Waals surface area contributed by atoms with Crippen molar-refractivity contribution in [3.05, 3.63) is 81.4 Å². The van der Waals surface area contributed by atoms with Gasteiger partial charge in [-0.15, -0.1) is 0 Å². The predicted octanol–water partition coefficient (Wildman–Crippen LogP) is 5.41. The Kier molecular flexibility index (Phi) is 8.57. The number of ether oxygens (including phenoxy) is 1. The summed E-state index contributed by atoms with van der Waals surface area (Å²) in [5.41, 5.74) is 5.67. The number of alkyl halides is 2. The molecule has 0 bridgehead atoms. The Balaban J connectivity index is 1.24. The van der Waals surface area contributed by atoms with E-state index in [1.807, 2.05) is 13.0 Å². The van der Waals surface area contributed by atoms with Gasteiger partial charge >= 0.3 is 0 Å². The van der Waals surface area contributed by atoms with Crippen LogP contribution in [0.25, 0.3) is 0 Å². The van der Waals surface area contributed by atoms with Crippen molar-refractivity contribution in [3.63, 3.8) is 0 Å². The lowest BCUT2D eigenvalue weighted by Gasteiger charge is -2.42. The standard InChI is InChI=1S/C31H35ClF2N4O4/c1-2-20-16-22(8-9-25(20)32)42-27-26(35)29(40)38(19-36-27)18-30(41)12-14-37(15-13-30)28(39)23-10-11-31(33,34)17-24(23)21-6-4-3-5-7-21/h3-9,16,19,23-24,41H,2,10-15,17-18,35H2,1H3/t23-,24+/m1/s1. The Morgan fingerprint density at radius 1 is 1.17 bits per heavy atom. The molecule has 1 aliphatic heterocycles. The first-order valence-corrected chi connectivity index (χ1v) is 14.6. The van der Waals surface area contributed by atoms with Crippen molar-refractivity contribution in [2.45, 2.75) is 69.4 Å². The molecular weight excluding hydrogens is 566 g/mol. The number of carbonyl (C=O) groups excluding carboxylic acids is 1. The number of hydrogen-bond acceptors (Lipinski definition) is 6. The van der Waals surface area contributed by atoms with Crippen molar-refractivity contribution in [1.82, 2.24) is 14.5 Å². The summed E-state index contributed by atoms with van der Waals surface area (Å²) in [6.07, 6.45) is 1.84. The largest absolute Gasteiger partial charge is 0.437 e. The van der Waals surface area contributed by atoms with Gasteiger partial charge in [-0.2, -0.15) is 0 Å². The van der Waals surface area contributed by atoms with Gasteiger partial charge in [-0.3, -0.25) is 14.2 Å². The van der Waals surface area contributed by atoms with E-state index in [4.69, 9.17) is 22.1 Å². The molecule has 1 saturated carbocycles. The average Bonchev–Trinajstić information content (AvgIpc) is 2.98. The zero-order chi connectivity index (χ0) is 30.1. The van der Waals surface area contributed by atoms with E-state index in [1.165, 1.54) is 10.9 Å². The summed E-state index contributed by atoms with van der Waals surface area (Å²) in [6, 6.07) is 14.1. The normalized spacial score (nSPS) is 21.6. The molecule has 0 radical (unpaired) electrons. The van der Waals surface area contributed by atoms with Crippen LogP contribution in [0.15, 0.2) is 59.7 Å². The lowest BCUT2D eigenvalue weighted by molar-refractivity contribution is -0.145. The van der Waals surface area contributed by atoms with E-state index >= 15 is 0 Å². The number of halogens is 3. The number of carbonyl (C=O) groups is 1. The molecule has 1 amide bonds. The van der Waals surface area contributed by atoms with Crippen LogP contribution < -0.4 is 16.0 Å². The molecule has 2 atom stereocenters. The van der Waals surface area contributed by atoms with Crippen molar-refractivity contribution in [3.8, 4) is 11.6 Å². The molecule has 1 aromatic heterocycles. The summed E-state index contributed by atoms with van der Waals surface area (Å²) in [4.78, 5) is 32.5. The summed E-state index contributed by atoms with van der Waals surface area (Å²) in [5, 5.41) is 11.9. The van der Waals surface area contributed by atoms with E-state index in [9.17, 15) is 23.5 Å². The third-order valence-electron chi connectivity index (χ3n) is 8.49. The van der Waals surface area contributed by atoms with Gasteiger partial charge in [0.15, 0.2) is 5.69 Å². The second kappa shape index (κ2) is 12.0. The highest BCUT2D eigenvalue weighted by atomic mass is 35.5. The minimum Gasteiger partial charge on any atom is -0.437 e. The number of likely N-dealkylation sites (tertiary alicyclic amines) is 1. The third kappa shape index (κ3) is 6.44. The summed E-state index contributed by atoms with van der Waals surface area (Å²) < 4.78 is 35.7. The molecule has 224 valence electrons. The molecule has 0 unspecified atom stereocenters. The molecule has 42 heavy (non-hydrogen) atoms. The first-order valence-electron chi connectivity index (χ1n) is 14.2. The average molecular weight is 601 g/mol. The number of amides is 1. The highest BCUT2D eigenvalue weighted by Crippen LogP contribution is 2.46. The lowest BCUT2D eigenvalue weighted by Crippen LogP contribution is -2.52. The van der Waals surface area contributed by atoms with Crippen molar-refractivity contribution < 1.29 is 23.4 Å². The smallest absolute Gasteiger partial charge is 0.280 e. The molecule has 5 rings (SSSR count). The van der Waals surface area contributed by atoms with Gasteiger partial charge in [-0.05, 0) is 55.0 Å². The number of aryl methyl sites for hydroxylation is 1. The van der Waals surface area contributed by atoms with Crippen LogP contribution in [0.1, 0.15) is 56.1 Å². The molecule has 3 N–H and O–H groups in total. The lowest BCUT2D eigenvalue weighted by atomic mass is 9.73. The maximum atomic E-state index is 14.4. The predicted molar refractivity (Wildman–Crippen MR) is 156 cm³/mol. The number of benzene rings is 2. The highest BCUT2D eigenvalue weighted by Gasteiger charge is 2.46. The number of aliphatic hydroxyl groups is 1. The van der Waals surface area contributed by atoms with Crippen LogP contribution in [0, 0.1) is 5.92 Å². The molecule has 2 fully saturated rings. The van der Waals surface area contributed by atoms with Crippen molar-refractivity contribution in [2.24, 2.45) is 5.92 Å². The Labute approximate surface area is 248 Å². The number of anilines is 1. The van der Waals surface area contributed by atoms with E-state index < -0.39 is 28.9 Å². The molecule has 1 aliphatic carbocycles. The SMILES string of the molecule is CCc1cc(Oc2ncn(CC3(O)CCN(C(=O)[C@@H]4CCC(F)(F)C[C@H]4c4ccccc4)CC3)c(=O)c2N)ccc1Cl. The Bertz CT molecular complexity index is 1490. The van der Waals surface area contributed by atoms with Gasteiger partial charge in [0.05, 0.1) is 12.1 Å².